The van der Waals surface area contributed by atoms with Gasteiger partial charge in [-0.05, 0) is 12.1 Å². The van der Waals surface area contributed by atoms with Crippen LogP contribution in [0.3, 0.4) is 0 Å². The van der Waals surface area contributed by atoms with E-state index < -0.39 is 0 Å². The molecule has 1 aromatic carbocycles. The maximum Gasteiger partial charge on any atom is 0.349 e. The van der Waals surface area contributed by atoms with Gasteiger partial charge >= 0.3 is 5.69 Å². The van der Waals surface area contributed by atoms with Crippen molar-refractivity contribution < 1.29 is 0 Å². The summed E-state index contributed by atoms with van der Waals surface area (Å²) >= 11 is 3.43. The monoisotopic (exact) mass is 279 g/mol. The lowest BCUT2D eigenvalue weighted by Gasteiger charge is -2.06. The van der Waals surface area contributed by atoms with Crippen LogP contribution in [-0.2, 0) is 6.54 Å². The van der Waals surface area contributed by atoms with Crippen molar-refractivity contribution in [2.45, 2.75) is 12.6 Å². The number of rotatable bonds is 1. The molecule has 3 rings (SSSR count). The van der Waals surface area contributed by atoms with Crippen LogP contribution in [0.5, 0.6) is 0 Å². The van der Waals surface area contributed by atoms with E-state index in [1.165, 1.54) is 0 Å². The molecule has 5 heteroatoms. The van der Waals surface area contributed by atoms with E-state index in [9.17, 15) is 4.79 Å². The van der Waals surface area contributed by atoms with Gasteiger partial charge in [0.15, 0.2) is 0 Å². The van der Waals surface area contributed by atoms with Gasteiger partial charge in [0.05, 0.1) is 18.1 Å². The van der Waals surface area contributed by atoms with E-state index in [0.29, 0.717) is 6.54 Å². The SMILES string of the molecule is O=c1nc2ccccc2c2n1C[C@H](CBr)N2. The lowest BCUT2D eigenvalue weighted by molar-refractivity contribution is 0.672. The second-order valence-electron chi connectivity index (χ2n) is 3.87. The van der Waals surface area contributed by atoms with E-state index in [-0.39, 0.29) is 11.7 Å². The molecule has 0 saturated carbocycles. The minimum Gasteiger partial charge on any atom is -0.365 e. The summed E-state index contributed by atoms with van der Waals surface area (Å²) < 4.78 is 1.70. The highest BCUT2D eigenvalue weighted by Gasteiger charge is 2.22. The van der Waals surface area contributed by atoms with E-state index in [1.54, 1.807) is 4.57 Å². The molecule has 1 atom stereocenters. The Kier molecular flexibility index (Phi) is 2.21. The standard InChI is InChI=1S/C11H10BrN3O/c12-5-7-6-15-10(13-7)8-3-1-2-4-9(8)14-11(15)16/h1-4,7,13H,5-6H2/t7-/m0/s1. The summed E-state index contributed by atoms with van der Waals surface area (Å²) in [5.41, 5.74) is 0.575. The molecule has 0 fully saturated rings. The number of hydrogen-bond donors (Lipinski definition) is 1. The largest absolute Gasteiger partial charge is 0.365 e. The average Bonchev–Trinajstić information content (AvgIpc) is 2.74. The van der Waals surface area contributed by atoms with Crippen LogP contribution < -0.4 is 11.0 Å². The van der Waals surface area contributed by atoms with Crippen molar-refractivity contribution >= 4 is 32.7 Å². The van der Waals surface area contributed by atoms with Crippen molar-refractivity contribution in [2.75, 3.05) is 10.6 Å². The summed E-state index contributed by atoms with van der Waals surface area (Å²) in [6, 6.07) is 7.96. The summed E-state index contributed by atoms with van der Waals surface area (Å²) in [5, 5.41) is 5.17. The van der Waals surface area contributed by atoms with E-state index >= 15 is 0 Å². The molecular weight excluding hydrogens is 270 g/mol. The van der Waals surface area contributed by atoms with Gasteiger partial charge in [-0.25, -0.2) is 4.79 Å². The number of benzene rings is 1. The van der Waals surface area contributed by atoms with Crippen molar-refractivity contribution in [2.24, 2.45) is 0 Å². The molecule has 4 nitrogen and oxygen atoms in total. The van der Waals surface area contributed by atoms with Crippen LogP contribution in [-0.4, -0.2) is 20.9 Å². The third-order valence-corrected chi connectivity index (χ3v) is 3.59. The van der Waals surface area contributed by atoms with Crippen molar-refractivity contribution in [3.8, 4) is 0 Å². The number of para-hydroxylation sites is 1. The zero-order valence-corrected chi connectivity index (χ0v) is 10.1. The van der Waals surface area contributed by atoms with E-state index in [2.05, 4.69) is 26.2 Å². The van der Waals surface area contributed by atoms with Gasteiger partial charge in [-0.15, -0.1) is 0 Å². The van der Waals surface area contributed by atoms with Crippen molar-refractivity contribution in [1.29, 1.82) is 0 Å². The third-order valence-electron chi connectivity index (χ3n) is 2.81. The molecule has 0 unspecified atom stereocenters. The molecule has 0 saturated heterocycles. The fraction of sp³-hybridized carbons (Fsp3) is 0.273. The average molecular weight is 280 g/mol. The fourth-order valence-corrected chi connectivity index (χ4v) is 2.41. The Morgan fingerprint density at radius 1 is 1.50 bits per heavy atom. The van der Waals surface area contributed by atoms with Gasteiger partial charge in [0.2, 0.25) is 0 Å². The molecule has 1 N–H and O–H groups in total. The fourth-order valence-electron chi connectivity index (χ4n) is 2.05. The maximum atomic E-state index is 11.8. The van der Waals surface area contributed by atoms with Crippen LogP contribution in [0.4, 0.5) is 5.82 Å². The number of nitrogens with one attached hydrogen (secondary N) is 1. The zero-order chi connectivity index (χ0) is 11.1. The van der Waals surface area contributed by atoms with Crippen LogP contribution in [0.25, 0.3) is 10.9 Å². The van der Waals surface area contributed by atoms with E-state index in [4.69, 9.17) is 0 Å². The topological polar surface area (TPSA) is 46.9 Å². The van der Waals surface area contributed by atoms with E-state index in [0.717, 1.165) is 22.1 Å². The number of nitrogens with zero attached hydrogens (tertiary/aromatic N) is 2. The molecule has 0 amide bonds. The third kappa shape index (κ3) is 1.35. The van der Waals surface area contributed by atoms with Gasteiger partial charge in [0.1, 0.15) is 5.82 Å². The van der Waals surface area contributed by atoms with Gasteiger partial charge in [-0.1, -0.05) is 28.1 Å². The number of hydrogen-bond acceptors (Lipinski definition) is 3. The van der Waals surface area contributed by atoms with Crippen LogP contribution >= 0.6 is 15.9 Å². The molecule has 1 aromatic heterocycles. The van der Waals surface area contributed by atoms with Gasteiger partial charge in [-0.3, -0.25) is 4.57 Å². The first-order chi connectivity index (χ1) is 7.79. The highest BCUT2D eigenvalue weighted by Crippen LogP contribution is 2.25. The summed E-state index contributed by atoms with van der Waals surface area (Å²) in [6.07, 6.45) is 0. The minimum atomic E-state index is -0.176. The Labute approximate surface area is 100 Å². The predicted molar refractivity (Wildman–Crippen MR) is 67.2 cm³/mol. The Morgan fingerprint density at radius 2 is 2.31 bits per heavy atom. The lowest BCUT2D eigenvalue weighted by atomic mass is 10.2. The molecule has 2 heterocycles. The van der Waals surface area contributed by atoms with Crippen LogP contribution in [0, 0.1) is 0 Å². The second-order valence-corrected chi connectivity index (χ2v) is 4.51. The van der Waals surface area contributed by atoms with Gasteiger partial charge in [-0.2, -0.15) is 4.98 Å². The van der Waals surface area contributed by atoms with Crippen LogP contribution in [0.2, 0.25) is 0 Å². The Bertz CT molecular complexity index is 608. The minimum absolute atomic E-state index is 0.176. The second kappa shape index (κ2) is 3.59. The molecule has 0 aliphatic carbocycles. The molecular formula is C11H10BrN3O. The normalized spacial score (nSPS) is 18.4. The Morgan fingerprint density at radius 3 is 3.12 bits per heavy atom. The molecule has 16 heavy (non-hydrogen) atoms. The van der Waals surface area contributed by atoms with Gasteiger partial charge < -0.3 is 5.32 Å². The molecule has 82 valence electrons. The van der Waals surface area contributed by atoms with Crippen molar-refractivity contribution in [1.82, 2.24) is 9.55 Å². The van der Waals surface area contributed by atoms with E-state index in [1.807, 2.05) is 24.3 Å². The first kappa shape index (κ1) is 9.84. The maximum absolute atomic E-state index is 11.8. The zero-order valence-electron chi connectivity index (χ0n) is 8.48. The first-order valence-electron chi connectivity index (χ1n) is 5.11. The Hall–Kier alpha value is -1.36. The number of aromatic nitrogens is 2. The number of alkyl halides is 1. The molecule has 2 aromatic rings. The first-order valence-corrected chi connectivity index (χ1v) is 6.24. The number of halogens is 1. The summed E-state index contributed by atoms with van der Waals surface area (Å²) in [4.78, 5) is 15.9. The predicted octanol–water partition coefficient (Wildman–Crippen LogP) is 1.59. The number of anilines is 1. The molecule has 0 radical (unpaired) electrons. The summed E-state index contributed by atoms with van der Waals surface area (Å²) in [7, 11) is 0. The summed E-state index contributed by atoms with van der Waals surface area (Å²) in [6.45, 7) is 0.678. The molecule has 1 aliphatic heterocycles. The van der Waals surface area contributed by atoms with Gasteiger partial charge in [0, 0.05) is 10.7 Å². The summed E-state index contributed by atoms with van der Waals surface area (Å²) in [5.74, 6) is 0.889. The highest BCUT2D eigenvalue weighted by molar-refractivity contribution is 9.09. The van der Waals surface area contributed by atoms with Crippen molar-refractivity contribution in [3.05, 3.63) is 34.7 Å². The van der Waals surface area contributed by atoms with Crippen LogP contribution in [0.15, 0.2) is 29.1 Å². The smallest absolute Gasteiger partial charge is 0.349 e. The number of fused-ring (bicyclic) bond motifs is 3. The van der Waals surface area contributed by atoms with Gasteiger partial charge in [0.25, 0.3) is 0 Å². The molecule has 1 aliphatic rings. The Balaban J connectivity index is 2.31. The quantitative estimate of drug-likeness (QED) is 0.807. The molecule has 0 spiro atoms. The lowest BCUT2D eigenvalue weighted by Crippen LogP contribution is -2.23. The van der Waals surface area contributed by atoms with Crippen LogP contribution in [0.1, 0.15) is 0 Å². The highest BCUT2D eigenvalue weighted by atomic mass is 79.9. The van der Waals surface area contributed by atoms with Crippen molar-refractivity contribution in [3.63, 3.8) is 0 Å². The molecule has 0 bridgehead atoms.